The maximum atomic E-state index is 10.9. The van der Waals surface area contributed by atoms with Crippen LogP contribution in [-0.4, -0.2) is 30.6 Å². The van der Waals surface area contributed by atoms with Gasteiger partial charge < -0.3 is 14.6 Å². The van der Waals surface area contributed by atoms with Crippen LogP contribution in [0.1, 0.15) is 40.0 Å². The lowest BCUT2D eigenvalue weighted by atomic mass is 9.60. The molecule has 2 atom stereocenters. The summed E-state index contributed by atoms with van der Waals surface area (Å²) in [5, 5.41) is 8.90. The van der Waals surface area contributed by atoms with Crippen molar-refractivity contribution < 1.29 is 19.4 Å². The van der Waals surface area contributed by atoms with Crippen molar-refractivity contribution in [3.63, 3.8) is 0 Å². The van der Waals surface area contributed by atoms with E-state index >= 15 is 0 Å². The largest absolute Gasteiger partial charge is 0.477 e. The summed E-state index contributed by atoms with van der Waals surface area (Å²) in [6.07, 6.45) is 2.47. The third-order valence-corrected chi connectivity index (χ3v) is 4.56. The van der Waals surface area contributed by atoms with Gasteiger partial charge in [0.15, 0.2) is 0 Å². The van der Waals surface area contributed by atoms with Gasteiger partial charge in [0.1, 0.15) is 0 Å². The molecule has 18 heavy (non-hydrogen) atoms. The normalized spacial score (nSPS) is 41.2. The standard InChI is InChI=1S/C14H24O4/c1-9(2)11-5-4-10(3)6-14(11)7-17-13(12(15)16)18-8-14/h9-11,13H,4-8H2,1-3H3,(H,15,16)/t10-,11+,13?,14?/m1/s1. The molecule has 0 bridgehead atoms. The Hall–Kier alpha value is -0.610. The van der Waals surface area contributed by atoms with Gasteiger partial charge in [0.25, 0.3) is 6.29 Å². The molecule has 0 unspecified atom stereocenters. The second-order valence-electron chi connectivity index (χ2n) is 6.39. The van der Waals surface area contributed by atoms with Crippen LogP contribution in [0.5, 0.6) is 0 Å². The van der Waals surface area contributed by atoms with Crippen molar-refractivity contribution in [1.29, 1.82) is 0 Å². The van der Waals surface area contributed by atoms with Gasteiger partial charge in [0.05, 0.1) is 13.2 Å². The van der Waals surface area contributed by atoms with Crippen molar-refractivity contribution >= 4 is 5.97 Å². The van der Waals surface area contributed by atoms with E-state index in [0.717, 1.165) is 6.42 Å². The molecule has 1 spiro atoms. The lowest BCUT2D eigenvalue weighted by Gasteiger charge is -2.50. The minimum absolute atomic E-state index is 0.0256. The molecule has 0 aromatic carbocycles. The zero-order valence-corrected chi connectivity index (χ0v) is 11.5. The Labute approximate surface area is 109 Å². The average molecular weight is 256 g/mol. The van der Waals surface area contributed by atoms with Gasteiger partial charge in [-0.25, -0.2) is 4.79 Å². The van der Waals surface area contributed by atoms with Crippen molar-refractivity contribution in [2.24, 2.45) is 23.2 Å². The van der Waals surface area contributed by atoms with Crippen molar-refractivity contribution in [3.05, 3.63) is 0 Å². The molecule has 4 nitrogen and oxygen atoms in total. The van der Waals surface area contributed by atoms with Crippen molar-refractivity contribution in [1.82, 2.24) is 0 Å². The highest BCUT2D eigenvalue weighted by atomic mass is 16.7. The predicted octanol–water partition coefficient (Wildman–Crippen LogP) is 2.52. The third-order valence-electron chi connectivity index (χ3n) is 4.56. The molecule has 2 fully saturated rings. The number of rotatable bonds is 2. The molecule has 1 aliphatic carbocycles. The predicted molar refractivity (Wildman–Crippen MR) is 67.1 cm³/mol. The molecule has 1 aliphatic heterocycles. The van der Waals surface area contributed by atoms with Crippen LogP contribution in [0.15, 0.2) is 0 Å². The van der Waals surface area contributed by atoms with Crippen LogP contribution in [0, 0.1) is 23.2 Å². The monoisotopic (exact) mass is 256 g/mol. The van der Waals surface area contributed by atoms with Gasteiger partial charge in [-0.1, -0.05) is 27.2 Å². The molecule has 0 amide bonds. The number of aliphatic carboxylic acids is 1. The summed E-state index contributed by atoms with van der Waals surface area (Å²) in [5.41, 5.74) is 0.0256. The Morgan fingerprint density at radius 1 is 1.28 bits per heavy atom. The van der Waals surface area contributed by atoms with E-state index in [2.05, 4.69) is 20.8 Å². The Morgan fingerprint density at radius 2 is 1.89 bits per heavy atom. The molecular formula is C14H24O4. The second-order valence-corrected chi connectivity index (χ2v) is 6.39. The summed E-state index contributed by atoms with van der Waals surface area (Å²) in [5.74, 6) is 0.818. The zero-order chi connectivity index (χ0) is 13.3. The minimum atomic E-state index is -1.07. The average Bonchev–Trinajstić information content (AvgIpc) is 2.28. The highest BCUT2D eigenvalue weighted by Gasteiger charge is 2.48. The Balaban J connectivity index is 2.10. The van der Waals surface area contributed by atoms with E-state index in [1.54, 1.807) is 0 Å². The highest BCUT2D eigenvalue weighted by molar-refractivity contribution is 5.70. The maximum absolute atomic E-state index is 10.9. The van der Waals surface area contributed by atoms with Crippen LogP contribution >= 0.6 is 0 Å². The number of hydrogen-bond acceptors (Lipinski definition) is 3. The molecule has 1 saturated carbocycles. The molecule has 0 radical (unpaired) electrons. The first-order valence-corrected chi connectivity index (χ1v) is 6.90. The van der Waals surface area contributed by atoms with Gasteiger partial charge in [-0.05, 0) is 30.6 Å². The van der Waals surface area contributed by atoms with E-state index in [1.165, 1.54) is 12.8 Å². The minimum Gasteiger partial charge on any atom is -0.477 e. The quantitative estimate of drug-likeness (QED) is 0.825. The fourth-order valence-corrected chi connectivity index (χ4v) is 3.81. The molecule has 1 N–H and O–H groups in total. The van der Waals surface area contributed by atoms with E-state index in [1.807, 2.05) is 0 Å². The highest BCUT2D eigenvalue weighted by Crippen LogP contribution is 2.49. The first-order valence-electron chi connectivity index (χ1n) is 6.90. The number of carbonyl (C=O) groups is 1. The first kappa shape index (κ1) is 13.8. The van der Waals surface area contributed by atoms with Crippen LogP contribution < -0.4 is 0 Å². The smallest absolute Gasteiger partial charge is 0.361 e. The van der Waals surface area contributed by atoms with Gasteiger partial charge in [-0.15, -0.1) is 0 Å². The van der Waals surface area contributed by atoms with E-state index in [0.29, 0.717) is 31.0 Å². The lowest BCUT2D eigenvalue weighted by Crippen LogP contribution is -2.52. The summed E-state index contributed by atoms with van der Waals surface area (Å²) >= 11 is 0. The molecule has 0 aromatic rings. The van der Waals surface area contributed by atoms with Crippen LogP contribution in [0.2, 0.25) is 0 Å². The Bertz CT molecular complexity index is 305. The molecule has 2 rings (SSSR count). The maximum Gasteiger partial charge on any atom is 0.361 e. The van der Waals surface area contributed by atoms with E-state index in [4.69, 9.17) is 14.6 Å². The van der Waals surface area contributed by atoms with E-state index in [9.17, 15) is 4.79 Å². The lowest BCUT2D eigenvalue weighted by molar-refractivity contribution is -0.255. The first-order chi connectivity index (χ1) is 8.44. The number of carboxylic acid groups (broad SMARTS) is 1. The van der Waals surface area contributed by atoms with Gasteiger partial charge >= 0.3 is 5.97 Å². The fourth-order valence-electron chi connectivity index (χ4n) is 3.81. The molecular weight excluding hydrogens is 232 g/mol. The van der Waals surface area contributed by atoms with Gasteiger partial charge in [0.2, 0.25) is 0 Å². The number of carboxylic acids is 1. The zero-order valence-electron chi connectivity index (χ0n) is 11.5. The van der Waals surface area contributed by atoms with Crippen LogP contribution in [0.3, 0.4) is 0 Å². The van der Waals surface area contributed by atoms with Gasteiger partial charge in [0, 0.05) is 5.41 Å². The summed E-state index contributed by atoms with van der Waals surface area (Å²) < 4.78 is 10.9. The van der Waals surface area contributed by atoms with E-state index < -0.39 is 12.3 Å². The Kier molecular flexibility index (Phi) is 3.97. The molecule has 104 valence electrons. The van der Waals surface area contributed by atoms with Crippen LogP contribution in [-0.2, 0) is 14.3 Å². The molecule has 0 aromatic heterocycles. The molecule has 2 aliphatic rings. The molecule has 1 saturated heterocycles. The SMILES string of the molecule is CC(C)[C@@H]1CC[C@@H](C)CC12COC(C(=O)O)OC2. The van der Waals surface area contributed by atoms with Crippen LogP contribution in [0.4, 0.5) is 0 Å². The fraction of sp³-hybridized carbons (Fsp3) is 0.929. The van der Waals surface area contributed by atoms with Crippen molar-refractivity contribution in [2.45, 2.75) is 46.3 Å². The summed E-state index contributed by atoms with van der Waals surface area (Å²) in [7, 11) is 0. The van der Waals surface area contributed by atoms with Crippen LogP contribution in [0.25, 0.3) is 0 Å². The van der Waals surface area contributed by atoms with Gasteiger partial charge in [-0.2, -0.15) is 0 Å². The molecule has 1 heterocycles. The summed E-state index contributed by atoms with van der Waals surface area (Å²) in [6.45, 7) is 7.80. The Morgan fingerprint density at radius 3 is 2.39 bits per heavy atom. The number of hydrogen-bond donors (Lipinski definition) is 1. The van der Waals surface area contributed by atoms with E-state index in [-0.39, 0.29) is 5.41 Å². The summed E-state index contributed by atoms with van der Waals surface area (Å²) in [6, 6.07) is 0. The summed E-state index contributed by atoms with van der Waals surface area (Å²) in [4.78, 5) is 10.9. The third kappa shape index (κ3) is 2.54. The molecule has 4 heteroatoms. The topological polar surface area (TPSA) is 55.8 Å². The van der Waals surface area contributed by atoms with Crippen molar-refractivity contribution in [3.8, 4) is 0 Å². The van der Waals surface area contributed by atoms with Gasteiger partial charge in [-0.3, -0.25) is 0 Å². The second kappa shape index (κ2) is 5.17. The number of ether oxygens (including phenoxy) is 2. The van der Waals surface area contributed by atoms with Crippen molar-refractivity contribution in [2.75, 3.05) is 13.2 Å².